The minimum atomic E-state index is -4.69. The Bertz CT molecular complexity index is 469. The van der Waals surface area contributed by atoms with Crippen molar-refractivity contribution in [2.45, 2.75) is 31.8 Å². The summed E-state index contributed by atoms with van der Waals surface area (Å²) >= 11 is 0. The summed E-state index contributed by atoms with van der Waals surface area (Å²) in [5.74, 6) is -0.272. The molecule has 1 aromatic carbocycles. The first-order chi connectivity index (χ1) is 9.33. The van der Waals surface area contributed by atoms with Crippen molar-refractivity contribution in [3.8, 4) is 5.75 Å². The Morgan fingerprint density at radius 1 is 1.35 bits per heavy atom. The van der Waals surface area contributed by atoms with E-state index in [9.17, 15) is 18.0 Å². The molecule has 1 fully saturated rings. The Kier molecular flexibility index (Phi) is 4.06. The Morgan fingerprint density at radius 2 is 1.95 bits per heavy atom. The Morgan fingerprint density at radius 3 is 2.45 bits per heavy atom. The molecule has 1 saturated carbocycles. The molecule has 0 saturated heterocycles. The number of ether oxygens (including phenoxy) is 1. The number of urea groups is 1. The van der Waals surface area contributed by atoms with E-state index in [1.54, 1.807) is 7.05 Å². The van der Waals surface area contributed by atoms with Crippen LogP contribution in [0.3, 0.4) is 0 Å². The summed E-state index contributed by atoms with van der Waals surface area (Å²) in [6.45, 7) is 0.324. The minimum Gasteiger partial charge on any atom is -0.406 e. The molecule has 110 valence electrons. The number of carbonyl (C=O) groups is 1. The lowest BCUT2D eigenvalue weighted by Gasteiger charge is -2.18. The molecule has 1 aliphatic rings. The van der Waals surface area contributed by atoms with Crippen LogP contribution in [0.25, 0.3) is 0 Å². The van der Waals surface area contributed by atoms with Crippen molar-refractivity contribution in [1.82, 2.24) is 10.2 Å². The standard InChI is InChI=1S/C13H15F3N2O2/c1-18(12(19)17-10-4-5-10)8-9-2-6-11(7-3-9)20-13(14,15)16/h2-3,6-7,10H,4-5,8H2,1H3,(H,17,19). The fraction of sp³-hybridized carbons (Fsp3) is 0.462. The number of halogens is 3. The summed E-state index contributed by atoms with van der Waals surface area (Å²) in [6.07, 6.45) is -2.69. The molecule has 20 heavy (non-hydrogen) atoms. The second-order valence-corrected chi connectivity index (χ2v) is 4.77. The number of alkyl halides is 3. The van der Waals surface area contributed by atoms with Crippen LogP contribution >= 0.6 is 0 Å². The molecule has 4 nitrogen and oxygen atoms in total. The van der Waals surface area contributed by atoms with Gasteiger partial charge < -0.3 is 15.0 Å². The highest BCUT2D eigenvalue weighted by Gasteiger charge is 2.31. The minimum absolute atomic E-state index is 0.178. The maximum Gasteiger partial charge on any atom is 0.573 e. The molecule has 0 atom stereocenters. The number of carbonyl (C=O) groups excluding carboxylic acids is 1. The molecule has 0 aromatic heterocycles. The van der Waals surface area contributed by atoms with E-state index in [2.05, 4.69) is 10.1 Å². The van der Waals surface area contributed by atoms with E-state index in [0.29, 0.717) is 6.54 Å². The molecular formula is C13H15F3N2O2. The predicted octanol–water partition coefficient (Wildman–Crippen LogP) is 2.89. The number of hydrogen-bond acceptors (Lipinski definition) is 2. The average Bonchev–Trinajstić information content (AvgIpc) is 3.13. The van der Waals surface area contributed by atoms with Gasteiger partial charge in [-0.05, 0) is 30.5 Å². The van der Waals surface area contributed by atoms with Crippen LogP contribution in [0.5, 0.6) is 5.75 Å². The number of amides is 2. The molecular weight excluding hydrogens is 273 g/mol. The Labute approximate surface area is 114 Å². The third-order valence-electron chi connectivity index (χ3n) is 2.83. The molecule has 0 radical (unpaired) electrons. The summed E-state index contributed by atoms with van der Waals surface area (Å²) in [5, 5.41) is 2.83. The van der Waals surface area contributed by atoms with Crippen molar-refractivity contribution in [2.75, 3.05) is 7.05 Å². The van der Waals surface area contributed by atoms with Crippen LogP contribution in [0.2, 0.25) is 0 Å². The highest BCUT2D eigenvalue weighted by Crippen LogP contribution is 2.23. The van der Waals surface area contributed by atoms with Gasteiger partial charge >= 0.3 is 12.4 Å². The van der Waals surface area contributed by atoms with E-state index in [4.69, 9.17) is 0 Å². The van der Waals surface area contributed by atoms with Gasteiger partial charge in [0.2, 0.25) is 0 Å². The van der Waals surface area contributed by atoms with Crippen molar-refractivity contribution in [3.63, 3.8) is 0 Å². The number of rotatable bonds is 4. The highest BCUT2D eigenvalue weighted by atomic mass is 19.4. The van der Waals surface area contributed by atoms with Crippen LogP contribution in [0.15, 0.2) is 24.3 Å². The zero-order chi connectivity index (χ0) is 14.8. The Hall–Kier alpha value is -1.92. The SMILES string of the molecule is CN(Cc1ccc(OC(F)(F)F)cc1)C(=O)NC1CC1. The van der Waals surface area contributed by atoms with Crippen LogP contribution in [0.4, 0.5) is 18.0 Å². The van der Waals surface area contributed by atoms with Gasteiger partial charge in [-0.3, -0.25) is 0 Å². The molecule has 2 amide bonds. The summed E-state index contributed by atoms with van der Waals surface area (Å²) in [6, 6.07) is 5.56. The smallest absolute Gasteiger partial charge is 0.406 e. The van der Waals surface area contributed by atoms with E-state index in [1.807, 2.05) is 0 Å². The summed E-state index contributed by atoms with van der Waals surface area (Å²) in [4.78, 5) is 13.2. The first kappa shape index (κ1) is 14.5. The molecule has 7 heteroatoms. The van der Waals surface area contributed by atoms with E-state index in [-0.39, 0.29) is 17.8 Å². The normalized spacial score (nSPS) is 14.8. The molecule has 0 unspecified atom stereocenters. The first-order valence-electron chi connectivity index (χ1n) is 6.20. The van der Waals surface area contributed by atoms with Crippen molar-refractivity contribution in [1.29, 1.82) is 0 Å². The molecule has 0 spiro atoms. The fourth-order valence-corrected chi connectivity index (χ4v) is 1.65. The summed E-state index contributed by atoms with van der Waals surface area (Å²) in [7, 11) is 1.64. The number of hydrogen-bond donors (Lipinski definition) is 1. The maximum atomic E-state index is 12.0. The number of benzene rings is 1. The predicted molar refractivity (Wildman–Crippen MR) is 66.1 cm³/mol. The van der Waals surface area contributed by atoms with E-state index in [1.165, 1.54) is 29.2 Å². The fourth-order valence-electron chi connectivity index (χ4n) is 1.65. The molecule has 1 aliphatic carbocycles. The van der Waals surface area contributed by atoms with Crippen LogP contribution in [-0.4, -0.2) is 30.4 Å². The van der Waals surface area contributed by atoms with Crippen molar-refractivity contribution >= 4 is 6.03 Å². The average molecular weight is 288 g/mol. The molecule has 2 rings (SSSR count). The Balaban J connectivity index is 1.87. The van der Waals surface area contributed by atoms with E-state index in [0.717, 1.165) is 18.4 Å². The van der Waals surface area contributed by atoms with Gasteiger partial charge in [0.05, 0.1) is 0 Å². The summed E-state index contributed by atoms with van der Waals surface area (Å²) < 4.78 is 39.8. The third kappa shape index (κ3) is 4.64. The second-order valence-electron chi connectivity index (χ2n) is 4.77. The molecule has 0 bridgehead atoms. The lowest BCUT2D eigenvalue weighted by atomic mass is 10.2. The van der Waals surface area contributed by atoms with Crippen LogP contribution in [-0.2, 0) is 6.54 Å². The van der Waals surface area contributed by atoms with Gasteiger partial charge in [0, 0.05) is 19.6 Å². The monoisotopic (exact) mass is 288 g/mol. The van der Waals surface area contributed by atoms with Crippen molar-refractivity contribution in [2.24, 2.45) is 0 Å². The highest BCUT2D eigenvalue weighted by molar-refractivity contribution is 5.74. The van der Waals surface area contributed by atoms with Gasteiger partial charge in [-0.15, -0.1) is 13.2 Å². The first-order valence-corrected chi connectivity index (χ1v) is 6.20. The topological polar surface area (TPSA) is 41.6 Å². The maximum absolute atomic E-state index is 12.0. The zero-order valence-electron chi connectivity index (χ0n) is 10.9. The van der Waals surface area contributed by atoms with Gasteiger partial charge in [-0.25, -0.2) is 4.79 Å². The van der Waals surface area contributed by atoms with Gasteiger partial charge in [-0.2, -0.15) is 0 Å². The van der Waals surface area contributed by atoms with E-state index < -0.39 is 6.36 Å². The van der Waals surface area contributed by atoms with Crippen LogP contribution in [0, 0.1) is 0 Å². The zero-order valence-corrected chi connectivity index (χ0v) is 10.9. The molecule has 1 aromatic rings. The van der Waals surface area contributed by atoms with Crippen molar-refractivity contribution in [3.05, 3.63) is 29.8 Å². The molecule has 0 aliphatic heterocycles. The lowest BCUT2D eigenvalue weighted by molar-refractivity contribution is -0.274. The summed E-state index contributed by atoms with van der Waals surface area (Å²) in [5.41, 5.74) is 0.730. The van der Waals surface area contributed by atoms with Gasteiger partial charge in [0.25, 0.3) is 0 Å². The van der Waals surface area contributed by atoms with Crippen LogP contribution in [0.1, 0.15) is 18.4 Å². The van der Waals surface area contributed by atoms with Gasteiger partial charge in [-0.1, -0.05) is 12.1 Å². The van der Waals surface area contributed by atoms with Crippen molar-refractivity contribution < 1.29 is 22.7 Å². The second kappa shape index (κ2) is 5.60. The number of nitrogens with zero attached hydrogens (tertiary/aromatic N) is 1. The van der Waals surface area contributed by atoms with E-state index >= 15 is 0 Å². The molecule has 0 heterocycles. The molecule has 1 N–H and O–H groups in total. The van der Waals surface area contributed by atoms with Gasteiger partial charge in [0.15, 0.2) is 0 Å². The van der Waals surface area contributed by atoms with Crippen LogP contribution < -0.4 is 10.1 Å². The third-order valence-corrected chi connectivity index (χ3v) is 2.83. The lowest BCUT2D eigenvalue weighted by Crippen LogP contribution is -2.37. The van der Waals surface area contributed by atoms with Gasteiger partial charge in [0.1, 0.15) is 5.75 Å². The largest absolute Gasteiger partial charge is 0.573 e. The number of nitrogens with one attached hydrogen (secondary N) is 1. The quantitative estimate of drug-likeness (QED) is 0.925.